The molecular weight excluding hydrogens is 184 g/mol. The standard InChI is InChI=1S/C6H5ClN2O3/c1-12-5-3-8-6(9(10)11)2-4(5)7/h2-3H,1H3. The number of methoxy groups -OCH3 is 1. The van der Waals surface area contributed by atoms with Crippen LogP contribution in [0.1, 0.15) is 0 Å². The minimum absolute atomic E-state index is 0.180. The average Bonchev–Trinajstić information content (AvgIpc) is 2.04. The fraction of sp³-hybridized carbons (Fsp3) is 0.167. The molecule has 0 amide bonds. The molecule has 1 aromatic heterocycles. The average molecular weight is 189 g/mol. The molecule has 0 bridgehead atoms. The van der Waals surface area contributed by atoms with Crippen LogP contribution in [0.5, 0.6) is 5.75 Å². The Hall–Kier alpha value is -1.36. The smallest absolute Gasteiger partial charge is 0.365 e. The van der Waals surface area contributed by atoms with E-state index < -0.39 is 4.92 Å². The number of hydrogen-bond donors (Lipinski definition) is 0. The Labute approximate surface area is 73.1 Å². The molecule has 0 aliphatic rings. The Morgan fingerprint density at radius 1 is 1.75 bits per heavy atom. The summed E-state index contributed by atoms with van der Waals surface area (Å²) in [6, 6.07) is 1.14. The maximum absolute atomic E-state index is 10.2. The second kappa shape index (κ2) is 3.36. The van der Waals surface area contributed by atoms with E-state index in [1.807, 2.05) is 0 Å². The van der Waals surface area contributed by atoms with Gasteiger partial charge < -0.3 is 14.9 Å². The summed E-state index contributed by atoms with van der Waals surface area (Å²) in [5.74, 6) is 0.0306. The van der Waals surface area contributed by atoms with Gasteiger partial charge in [-0.05, 0) is 9.91 Å². The van der Waals surface area contributed by atoms with Crippen molar-refractivity contribution in [1.82, 2.24) is 4.98 Å². The highest BCUT2D eigenvalue weighted by molar-refractivity contribution is 6.32. The van der Waals surface area contributed by atoms with Gasteiger partial charge in [0.1, 0.15) is 0 Å². The van der Waals surface area contributed by atoms with Gasteiger partial charge in [0.2, 0.25) is 0 Å². The first-order valence-electron chi connectivity index (χ1n) is 2.99. The summed E-state index contributed by atoms with van der Waals surface area (Å²) in [6.07, 6.45) is 1.21. The monoisotopic (exact) mass is 188 g/mol. The third-order valence-corrected chi connectivity index (χ3v) is 1.51. The highest BCUT2D eigenvalue weighted by Gasteiger charge is 2.11. The SMILES string of the molecule is COc1cnc([N+](=O)[O-])cc1Cl. The predicted octanol–water partition coefficient (Wildman–Crippen LogP) is 1.65. The molecule has 0 aliphatic carbocycles. The molecule has 0 atom stereocenters. The second-order valence-corrected chi connectivity index (χ2v) is 2.34. The van der Waals surface area contributed by atoms with E-state index in [1.165, 1.54) is 13.3 Å². The summed E-state index contributed by atoms with van der Waals surface area (Å²) in [6.45, 7) is 0. The zero-order valence-corrected chi connectivity index (χ0v) is 6.91. The Bertz CT molecular complexity index is 316. The number of nitrogens with zero attached hydrogens (tertiary/aromatic N) is 2. The number of nitro groups is 1. The molecule has 0 radical (unpaired) electrons. The fourth-order valence-electron chi connectivity index (χ4n) is 0.658. The molecule has 64 valence electrons. The largest absolute Gasteiger partial charge is 0.491 e. The molecule has 1 rings (SSSR count). The number of hydrogen-bond acceptors (Lipinski definition) is 4. The second-order valence-electron chi connectivity index (χ2n) is 1.93. The van der Waals surface area contributed by atoms with Gasteiger partial charge in [-0.1, -0.05) is 11.6 Å². The summed E-state index contributed by atoms with van der Waals surface area (Å²) in [5.41, 5.74) is 0. The van der Waals surface area contributed by atoms with Crippen LogP contribution in [0, 0.1) is 10.1 Å². The van der Waals surface area contributed by atoms with Gasteiger partial charge in [-0.2, -0.15) is 0 Å². The van der Waals surface area contributed by atoms with Crippen molar-refractivity contribution < 1.29 is 9.66 Å². The summed E-state index contributed by atoms with van der Waals surface area (Å²) >= 11 is 5.60. The number of aromatic nitrogens is 1. The molecule has 6 heteroatoms. The van der Waals surface area contributed by atoms with Gasteiger partial charge in [-0.3, -0.25) is 0 Å². The summed E-state index contributed by atoms with van der Waals surface area (Å²) in [5, 5.41) is 10.4. The van der Waals surface area contributed by atoms with E-state index in [2.05, 4.69) is 4.98 Å². The van der Waals surface area contributed by atoms with Crippen LogP contribution in [0.3, 0.4) is 0 Å². The lowest BCUT2D eigenvalue weighted by atomic mass is 10.4. The Kier molecular flexibility index (Phi) is 2.44. The van der Waals surface area contributed by atoms with Gasteiger partial charge in [0.25, 0.3) is 0 Å². The highest BCUT2D eigenvalue weighted by atomic mass is 35.5. The molecular formula is C6H5ClN2O3. The van der Waals surface area contributed by atoms with Crippen LogP contribution in [0.4, 0.5) is 5.82 Å². The van der Waals surface area contributed by atoms with E-state index in [-0.39, 0.29) is 10.8 Å². The Balaban J connectivity index is 3.10. The fourth-order valence-corrected chi connectivity index (χ4v) is 0.882. The van der Waals surface area contributed by atoms with E-state index in [4.69, 9.17) is 16.3 Å². The minimum Gasteiger partial charge on any atom is -0.491 e. The molecule has 1 heterocycles. The van der Waals surface area contributed by atoms with Crippen LogP contribution in [0.25, 0.3) is 0 Å². The van der Waals surface area contributed by atoms with Crippen molar-refractivity contribution in [2.75, 3.05) is 7.11 Å². The molecule has 0 saturated heterocycles. The van der Waals surface area contributed by atoms with Crippen molar-refractivity contribution in [3.05, 3.63) is 27.4 Å². The van der Waals surface area contributed by atoms with E-state index in [0.717, 1.165) is 6.07 Å². The van der Waals surface area contributed by atoms with Crippen LogP contribution in [-0.4, -0.2) is 17.0 Å². The van der Waals surface area contributed by atoms with E-state index in [0.29, 0.717) is 5.75 Å². The van der Waals surface area contributed by atoms with Crippen LogP contribution in [-0.2, 0) is 0 Å². The number of rotatable bonds is 2. The first kappa shape index (κ1) is 8.73. The van der Waals surface area contributed by atoms with Crippen molar-refractivity contribution in [3.63, 3.8) is 0 Å². The number of halogens is 1. The molecule has 0 N–H and O–H groups in total. The first-order chi connectivity index (χ1) is 5.65. The molecule has 0 aliphatic heterocycles. The Morgan fingerprint density at radius 3 is 2.83 bits per heavy atom. The topological polar surface area (TPSA) is 65.3 Å². The van der Waals surface area contributed by atoms with E-state index in [1.54, 1.807) is 0 Å². The molecule has 0 spiro atoms. The Morgan fingerprint density at radius 2 is 2.42 bits per heavy atom. The van der Waals surface area contributed by atoms with Gasteiger partial charge in [-0.15, -0.1) is 0 Å². The van der Waals surface area contributed by atoms with Crippen LogP contribution in [0.15, 0.2) is 12.3 Å². The molecule has 0 unspecified atom stereocenters. The summed E-state index contributed by atoms with van der Waals surface area (Å²) in [7, 11) is 1.41. The molecule has 12 heavy (non-hydrogen) atoms. The normalized spacial score (nSPS) is 9.50. The number of ether oxygens (including phenoxy) is 1. The summed E-state index contributed by atoms with van der Waals surface area (Å²) in [4.78, 5) is 13.1. The van der Waals surface area contributed by atoms with Crippen LogP contribution in [0.2, 0.25) is 5.02 Å². The minimum atomic E-state index is -0.620. The lowest BCUT2D eigenvalue weighted by Gasteiger charge is -1.98. The molecule has 5 nitrogen and oxygen atoms in total. The quantitative estimate of drug-likeness (QED) is 0.523. The zero-order valence-electron chi connectivity index (χ0n) is 6.15. The van der Waals surface area contributed by atoms with Crippen LogP contribution < -0.4 is 4.74 Å². The predicted molar refractivity (Wildman–Crippen MR) is 42.5 cm³/mol. The van der Waals surface area contributed by atoms with Crippen molar-refractivity contribution in [2.24, 2.45) is 0 Å². The summed E-state index contributed by atoms with van der Waals surface area (Å²) < 4.78 is 4.76. The lowest BCUT2D eigenvalue weighted by molar-refractivity contribution is -0.389. The molecule has 0 aromatic carbocycles. The first-order valence-corrected chi connectivity index (χ1v) is 3.37. The third kappa shape index (κ3) is 1.62. The van der Waals surface area contributed by atoms with E-state index >= 15 is 0 Å². The van der Waals surface area contributed by atoms with Crippen molar-refractivity contribution in [2.45, 2.75) is 0 Å². The van der Waals surface area contributed by atoms with Gasteiger partial charge in [0, 0.05) is 0 Å². The zero-order chi connectivity index (χ0) is 9.14. The molecule has 1 aromatic rings. The highest BCUT2D eigenvalue weighted by Crippen LogP contribution is 2.25. The maximum Gasteiger partial charge on any atom is 0.365 e. The van der Waals surface area contributed by atoms with Crippen molar-refractivity contribution in [1.29, 1.82) is 0 Å². The van der Waals surface area contributed by atoms with E-state index in [9.17, 15) is 10.1 Å². The van der Waals surface area contributed by atoms with Gasteiger partial charge in [-0.25, -0.2) is 0 Å². The van der Waals surface area contributed by atoms with Crippen LogP contribution >= 0.6 is 11.6 Å². The van der Waals surface area contributed by atoms with Gasteiger partial charge >= 0.3 is 5.82 Å². The van der Waals surface area contributed by atoms with Crippen molar-refractivity contribution in [3.8, 4) is 5.75 Å². The van der Waals surface area contributed by atoms with Gasteiger partial charge in [0.05, 0.1) is 18.2 Å². The molecule has 0 saturated carbocycles. The van der Waals surface area contributed by atoms with Crippen molar-refractivity contribution >= 4 is 17.4 Å². The maximum atomic E-state index is 10.2. The third-order valence-electron chi connectivity index (χ3n) is 1.21. The van der Waals surface area contributed by atoms with Gasteiger partial charge in [0.15, 0.2) is 11.9 Å². The number of pyridine rings is 1. The molecule has 0 fully saturated rings. The lowest BCUT2D eigenvalue weighted by Crippen LogP contribution is -1.93.